The molecule has 0 aliphatic heterocycles. The van der Waals surface area contributed by atoms with E-state index in [1.807, 2.05) is 0 Å². The fraction of sp³-hybridized carbons (Fsp3) is 0.333. The number of rotatable bonds is 2. The molecule has 0 saturated heterocycles. The number of hydrazine groups is 1. The quantitative estimate of drug-likeness (QED) is 0.508. The fourth-order valence-corrected chi connectivity index (χ4v) is 1.41. The van der Waals surface area contributed by atoms with E-state index >= 15 is 0 Å². The van der Waals surface area contributed by atoms with Crippen LogP contribution >= 0.6 is 11.3 Å². The molecule has 0 spiro atoms. The van der Waals surface area contributed by atoms with E-state index < -0.39 is 0 Å². The Balaban J connectivity index is 2.82. The Morgan fingerprint density at radius 3 is 2.83 bits per heavy atom. The number of nitrogens with two attached hydrogens (primary N) is 1. The first-order valence-corrected chi connectivity index (χ1v) is 4.11. The van der Waals surface area contributed by atoms with Gasteiger partial charge in [-0.1, -0.05) is 11.3 Å². The minimum absolute atomic E-state index is 0.0611. The van der Waals surface area contributed by atoms with E-state index in [1.165, 1.54) is 22.4 Å². The van der Waals surface area contributed by atoms with Crippen LogP contribution in [0.15, 0.2) is 6.20 Å². The summed E-state index contributed by atoms with van der Waals surface area (Å²) >= 11 is 1.23. The second kappa shape index (κ2) is 3.51. The molecule has 6 heteroatoms. The summed E-state index contributed by atoms with van der Waals surface area (Å²) in [6, 6.07) is 0. The summed E-state index contributed by atoms with van der Waals surface area (Å²) < 4.78 is 0. The van der Waals surface area contributed by atoms with Crippen LogP contribution in [-0.2, 0) is 0 Å². The Hall–Kier alpha value is -1.14. The van der Waals surface area contributed by atoms with Gasteiger partial charge in [0.1, 0.15) is 4.88 Å². The molecular formula is C6H10N4OS. The minimum atomic E-state index is -0.0611. The van der Waals surface area contributed by atoms with Gasteiger partial charge in [0.25, 0.3) is 5.91 Å². The van der Waals surface area contributed by atoms with Crippen molar-refractivity contribution < 1.29 is 4.79 Å². The average Bonchev–Trinajstić information content (AvgIpc) is 2.50. The van der Waals surface area contributed by atoms with E-state index in [4.69, 9.17) is 5.84 Å². The predicted molar refractivity (Wildman–Crippen MR) is 47.9 cm³/mol. The summed E-state index contributed by atoms with van der Waals surface area (Å²) in [5, 5.41) is 0.542. The molecule has 0 aromatic carbocycles. The highest BCUT2D eigenvalue weighted by molar-refractivity contribution is 7.17. The maximum absolute atomic E-state index is 11.3. The Morgan fingerprint density at radius 2 is 2.42 bits per heavy atom. The molecule has 0 fully saturated rings. The molecule has 1 aromatic heterocycles. The predicted octanol–water partition coefficient (Wildman–Crippen LogP) is 0.131. The van der Waals surface area contributed by atoms with Gasteiger partial charge in [0.05, 0.1) is 6.20 Å². The number of nitrogens with one attached hydrogen (secondary N) is 1. The number of anilines is 1. The van der Waals surface area contributed by atoms with Crippen LogP contribution in [0.1, 0.15) is 9.67 Å². The number of nitrogens with zero attached hydrogens (tertiary/aromatic N) is 2. The first-order chi connectivity index (χ1) is 5.65. The van der Waals surface area contributed by atoms with Gasteiger partial charge in [-0.15, -0.1) is 0 Å². The summed E-state index contributed by atoms with van der Waals surface area (Å²) in [6.45, 7) is 0. The molecule has 0 unspecified atom stereocenters. The number of hydrogen-bond acceptors (Lipinski definition) is 5. The molecule has 3 N–H and O–H groups in total. The van der Waals surface area contributed by atoms with Gasteiger partial charge in [-0.25, -0.2) is 10.8 Å². The number of aromatic nitrogens is 1. The molecule has 1 heterocycles. The summed E-state index contributed by atoms with van der Waals surface area (Å²) in [5.74, 6) is 5.05. The SMILES string of the molecule is CN(C)C(=O)c1cnc(NN)s1. The fourth-order valence-electron chi connectivity index (χ4n) is 0.660. The Kier molecular flexibility index (Phi) is 2.61. The van der Waals surface area contributed by atoms with Crippen LogP contribution in [0, 0.1) is 0 Å². The van der Waals surface area contributed by atoms with Crippen LogP contribution in [-0.4, -0.2) is 29.9 Å². The van der Waals surface area contributed by atoms with Gasteiger partial charge in [-0.05, 0) is 0 Å². The molecule has 12 heavy (non-hydrogen) atoms. The number of carbonyl (C=O) groups is 1. The Labute approximate surface area is 74.2 Å². The zero-order valence-corrected chi connectivity index (χ0v) is 7.68. The smallest absolute Gasteiger partial charge is 0.265 e. The van der Waals surface area contributed by atoms with Crippen LogP contribution in [0.3, 0.4) is 0 Å². The van der Waals surface area contributed by atoms with Crippen LogP contribution in [0.25, 0.3) is 0 Å². The standard InChI is InChI=1S/C6H10N4OS/c1-10(2)5(11)4-3-8-6(9-7)12-4/h3H,7H2,1-2H3,(H,8,9). The monoisotopic (exact) mass is 186 g/mol. The van der Waals surface area contributed by atoms with E-state index in [0.717, 1.165) is 0 Å². The summed E-state index contributed by atoms with van der Waals surface area (Å²) in [4.78, 5) is 17.2. The number of carbonyl (C=O) groups excluding carboxylic acids is 1. The van der Waals surface area contributed by atoms with E-state index in [0.29, 0.717) is 10.0 Å². The zero-order chi connectivity index (χ0) is 9.14. The van der Waals surface area contributed by atoms with E-state index in [-0.39, 0.29) is 5.91 Å². The third-order valence-corrected chi connectivity index (χ3v) is 2.16. The topological polar surface area (TPSA) is 71.2 Å². The van der Waals surface area contributed by atoms with Crippen molar-refractivity contribution in [2.75, 3.05) is 19.5 Å². The maximum atomic E-state index is 11.3. The zero-order valence-electron chi connectivity index (χ0n) is 6.87. The molecule has 0 saturated carbocycles. The van der Waals surface area contributed by atoms with Crippen molar-refractivity contribution in [2.24, 2.45) is 5.84 Å². The molecule has 1 rings (SSSR count). The normalized spacial score (nSPS) is 9.58. The largest absolute Gasteiger partial charge is 0.344 e. The second-order valence-corrected chi connectivity index (χ2v) is 3.40. The third kappa shape index (κ3) is 1.72. The van der Waals surface area contributed by atoms with Crippen molar-refractivity contribution in [2.45, 2.75) is 0 Å². The highest BCUT2D eigenvalue weighted by Crippen LogP contribution is 2.17. The van der Waals surface area contributed by atoms with Crippen molar-refractivity contribution in [3.8, 4) is 0 Å². The second-order valence-electron chi connectivity index (χ2n) is 2.37. The van der Waals surface area contributed by atoms with Crippen molar-refractivity contribution in [1.82, 2.24) is 9.88 Å². The van der Waals surface area contributed by atoms with Crippen LogP contribution in [0.2, 0.25) is 0 Å². The van der Waals surface area contributed by atoms with Gasteiger partial charge in [0.15, 0.2) is 5.13 Å². The number of nitrogen functional groups attached to an aromatic ring is 1. The lowest BCUT2D eigenvalue weighted by Crippen LogP contribution is -2.20. The lowest BCUT2D eigenvalue weighted by molar-refractivity contribution is 0.0832. The number of amides is 1. The lowest BCUT2D eigenvalue weighted by Gasteiger charge is -2.06. The maximum Gasteiger partial charge on any atom is 0.265 e. The molecule has 0 bridgehead atoms. The molecule has 0 aliphatic carbocycles. The van der Waals surface area contributed by atoms with E-state index in [1.54, 1.807) is 14.1 Å². The molecule has 1 aromatic rings. The molecular weight excluding hydrogens is 176 g/mol. The van der Waals surface area contributed by atoms with Gasteiger partial charge in [0, 0.05) is 14.1 Å². The molecule has 5 nitrogen and oxygen atoms in total. The van der Waals surface area contributed by atoms with Crippen LogP contribution in [0.4, 0.5) is 5.13 Å². The van der Waals surface area contributed by atoms with Gasteiger partial charge >= 0.3 is 0 Å². The average molecular weight is 186 g/mol. The Bertz CT molecular complexity index is 283. The first-order valence-electron chi connectivity index (χ1n) is 3.29. The van der Waals surface area contributed by atoms with Crippen molar-refractivity contribution >= 4 is 22.4 Å². The Morgan fingerprint density at radius 1 is 1.75 bits per heavy atom. The molecule has 1 amide bonds. The lowest BCUT2D eigenvalue weighted by atomic mass is 10.5. The summed E-state index contributed by atoms with van der Waals surface area (Å²) in [6.07, 6.45) is 1.50. The van der Waals surface area contributed by atoms with Gasteiger partial charge in [-0.3, -0.25) is 10.2 Å². The minimum Gasteiger partial charge on any atom is -0.344 e. The van der Waals surface area contributed by atoms with E-state index in [2.05, 4.69) is 10.4 Å². The van der Waals surface area contributed by atoms with Crippen molar-refractivity contribution in [1.29, 1.82) is 0 Å². The molecule has 0 atom stereocenters. The van der Waals surface area contributed by atoms with Crippen molar-refractivity contribution in [3.63, 3.8) is 0 Å². The molecule has 0 aliphatic rings. The molecule has 66 valence electrons. The number of thiazole rings is 1. The first kappa shape index (κ1) is 8.95. The highest BCUT2D eigenvalue weighted by atomic mass is 32.1. The highest BCUT2D eigenvalue weighted by Gasteiger charge is 2.11. The number of hydrogen-bond donors (Lipinski definition) is 2. The third-order valence-electron chi connectivity index (χ3n) is 1.25. The van der Waals surface area contributed by atoms with E-state index in [9.17, 15) is 4.79 Å². The molecule has 0 radical (unpaired) electrons. The summed E-state index contributed by atoms with van der Waals surface area (Å²) in [5.41, 5.74) is 2.38. The van der Waals surface area contributed by atoms with Crippen molar-refractivity contribution in [3.05, 3.63) is 11.1 Å². The van der Waals surface area contributed by atoms with Crippen LogP contribution in [0.5, 0.6) is 0 Å². The van der Waals surface area contributed by atoms with Gasteiger partial charge in [-0.2, -0.15) is 0 Å². The summed E-state index contributed by atoms with van der Waals surface area (Å²) in [7, 11) is 3.38. The van der Waals surface area contributed by atoms with Crippen LogP contribution < -0.4 is 11.3 Å². The van der Waals surface area contributed by atoms with Gasteiger partial charge in [0.2, 0.25) is 0 Å². The van der Waals surface area contributed by atoms with Gasteiger partial charge < -0.3 is 4.90 Å².